The minimum Gasteiger partial charge on any atom is -0.469 e. The van der Waals surface area contributed by atoms with Gasteiger partial charge in [0.1, 0.15) is 5.76 Å². The molecule has 0 aromatic carbocycles. The molecule has 2 rings (SSSR count). The van der Waals surface area contributed by atoms with Crippen molar-refractivity contribution < 1.29 is 4.42 Å². The number of thiophene rings is 1. The minimum absolute atomic E-state index is 0.702. The zero-order valence-corrected chi connectivity index (χ0v) is 14.8. The van der Waals surface area contributed by atoms with Gasteiger partial charge in [-0.25, -0.2) is 4.99 Å². The van der Waals surface area contributed by atoms with Crippen molar-refractivity contribution in [2.45, 2.75) is 13.0 Å². The second-order valence-corrected chi connectivity index (χ2v) is 6.97. The van der Waals surface area contributed by atoms with E-state index in [1.165, 1.54) is 4.88 Å². The predicted octanol–water partition coefficient (Wildman–Crippen LogP) is 3.54. The topological polar surface area (TPSA) is 49.6 Å². The van der Waals surface area contributed by atoms with Crippen LogP contribution in [0.3, 0.4) is 0 Å². The summed E-state index contributed by atoms with van der Waals surface area (Å²) in [4.78, 5) is 5.91. The molecular formula is C17H23N3OS2. The van der Waals surface area contributed by atoms with E-state index in [0.29, 0.717) is 6.54 Å². The van der Waals surface area contributed by atoms with Crippen molar-refractivity contribution in [3.8, 4) is 0 Å². The molecule has 0 aliphatic rings. The zero-order chi connectivity index (χ0) is 16.2. The Labute approximate surface area is 146 Å². The lowest BCUT2D eigenvalue weighted by Gasteiger charge is -2.12. The fraction of sp³-hybridized carbons (Fsp3) is 0.353. The molecule has 0 saturated carbocycles. The summed E-state index contributed by atoms with van der Waals surface area (Å²) >= 11 is 3.59. The molecule has 2 aromatic heterocycles. The molecule has 124 valence electrons. The molecule has 0 saturated heterocycles. The summed E-state index contributed by atoms with van der Waals surface area (Å²) in [7, 11) is 0. The first-order chi connectivity index (χ1) is 11.4. The van der Waals surface area contributed by atoms with E-state index in [1.54, 1.807) is 17.6 Å². The number of nitrogens with zero attached hydrogens (tertiary/aromatic N) is 1. The number of hydrogen-bond donors (Lipinski definition) is 2. The Hall–Kier alpha value is -1.66. The average molecular weight is 350 g/mol. The monoisotopic (exact) mass is 349 g/mol. The quantitative estimate of drug-likeness (QED) is 0.298. The highest BCUT2D eigenvalue weighted by Crippen LogP contribution is 2.09. The summed E-state index contributed by atoms with van der Waals surface area (Å²) in [5, 5.41) is 8.82. The molecule has 2 aromatic rings. The van der Waals surface area contributed by atoms with E-state index >= 15 is 0 Å². The number of aliphatic imine (C=N–C) groups is 1. The van der Waals surface area contributed by atoms with Crippen molar-refractivity contribution in [3.05, 3.63) is 59.2 Å². The van der Waals surface area contributed by atoms with E-state index in [2.05, 4.69) is 39.7 Å². The number of guanidine groups is 1. The average Bonchev–Trinajstić information content (AvgIpc) is 3.25. The predicted molar refractivity (Wildman–Crippen MR) is 101 cm³/mol. The molecule has 0 amide bonds. The lowest BCUT2D eigenvalue weighted by molar-refractivity contribution is 0.507. The molecule has 0 fully saturated rings. The Bertz CT molecular complexity index is 565. The first kappa shape index (κ1) is 17.7. The van der Waals surface area contributed by atoms with Crippen LogP contribution in [0.1, 0.15) is 10.6 Å². The third kappa shape index (κ3) is 7.43. The van der Waals surface area contributed by atoms with E-state index < -0.39 is 0 Å². The van der Waals surface area contributed by atoms with Crippen LogP contribution in [0.2, 0.25) is 0 Å². The maximum absolute atomic E-state index is 5.35. The van der Waals surface area contributed by atoms with Crippen LogP contribution >= 0.6 is 23.1 Å². The van der Waals surface area contributed by atoms with Crippen LogP contribution in [-0.2, 0) is 13.0 Å². The molecule has 0 aliphatic carbocycles. The number of furan rings is 1. The third-order valence-electron chi connectivity index (χ3n) is 2.99. The third-order valence-corrected chi connectivity index (χ3v) is 4.82. The smallest absolute Gasteiger partial charge is 0.191 e. The molecule has 0 unspecified atom stereocenters. The highest BCUT2D eigenvalue weighted by molar-refractivity contribution is 7.99. The van der Waals surface area contributed by atoms with Gasteiger partial charge in [0.15, 0.2) is 5.96 Å². The van der Waals surface area contributed by atoms with E-state index in [-0.39, 0.29) is 0 Å². The van der Waals surface area contributed by atoms with Crippen molar-refractivity contribution in [1.82, 2.24) is 10.6 Å². The van der Waals surface area contributed by atoms with Crippen molar-refractivity contribution in [2.24, 2.45) is 4.99 Å². The van der Waals surface area contributed by atoms with E-state index in [0.717, 1.165) is 42.7 Å². The van der Waals surface area contributed by atoms with Gasteiger partial charge in [-0.15, -0.1) is 17.9 Å². The van der Waals surface area contributed by atoms with Gasteiger partial charge in [0.05, 0.1) is 12.8 Å². The highest BCUT2D eigenvalue weighted by Gasteiger charge is 2.01. The summed E-state index contributed by atoms with van der Waals surface area (Å²) in [6, 6.07) is 8.06. The second-order valence-electron chi connectivity index (χ2n) is 4.79. The van der Waals surface area contributed by atoms with E-state index in [9.17, 15) is 0 Å². The molecule has 2 N–H and O–H groups in total. The number of nitrogens with one attached hydrogen (secondary N) is 2. The van der Waals surface area contributed by atoms with Gasteiger partial charge in [-0.1, -0.05) is 12.1 Å². The summed E-state index contributed by atoms with van der Waals surface area (Å²) in [5.74, 6) is 3.85. The molecule has 4 nitrogen and oxygen atoms in total. The molecule has 0 atom stereocenters. The molecule has 0 aliphatic heterocycles. The highest BCUT2D eigenvalue weighted by atomic mass is 32.2. The first-order valence-electron chi connectivity index (χ1n) is 7.64. The van der Waals surface area contributed by atoms with Gasteiger partial charge in [0.25, 0.3) is 0 Å². The number of thioether (sulfide) groups is 1. The largest absolute Gasteiger partial charge is 0.469 e. The molecule has 2 heterocycles. The molecule has 0 radical (unpaired) electrons. The van der Waals surface area contributed by atoms with Gasteiger partial charge < -0.3 is 15.1 Å². The van der Waals surface area contributed by atoms with Crippen LogP contribution in [-0.4, -0.2) is 30.6 Å². The zero-order valence-electron chi connectivity index (χ0n) is 13.2. The van der Waals surface area contributed by atoms with Crippen molar-refractivity contribution in [1.29, 1.82) is 0 Å². The summed E-state index contributed by atoms with van der Waals surface area (Å²) < 4.78 is 5.35. The van der Waals surface area contributed by atoms with E-state index in [1.807, 2.05) is 30.0 Å². The molecule has 0 bridgehead atoms. The Morgan fingerprint density at radius 2 is 2.22 bits per heavy atom. The van der Waals surface area contributed by atoms with Gasteiger partial charge >= 0.3 is 0 Å². The minimum atomic E-state index is 0.702. The lowest BCUT2D eigenvalue weighted by atomic mass is 10.3. The van der Waals surface area contributed by atoms with Crippen LogP contribution in [0.15, 0.2) is 58.0 Å². The van der Waals surface area contributed by atoms with Gasteiger partial charge in [-0.3, -0.25) is 0 Å². The first-order valence-corrected chi connectivity index (χ1v) is 9.67. The summed E-state index contributed by atoms with van der Waals surface area (Å²) in [6.45, 7) is 6.11. The number of hydrogen-bond acceptors (Lipinski definition) is 4. The van der Waals surface area contributed by atoms with Gasteiger partial charge in [0, 0.05) is 35.9 Å². The van der Waals surface area contributed by atoms with Gasteiger partial charge in [-0.05, 0) is 23.6 Å². The summed E-state index contributed by atoms with van der Waals surface area (Å²) in [6.07, 6.45) is 4.48. The van der Waals surface area contributed by atoms with Crippen LogP contribution in [0.5, 0.6) is 0 Å². The fourth-order valence-corrected chi connectivity index (χ4v) is 3.11. The standard InChI is InChI=1S/C17H23N3OS2/c1-2-11-22-13-9-19-17(20-14-16-6-4-12-23-16)18-8-7-15-5-3-10-21-15/h2-6,10,12H,1,7-9,11,13-14H2,(H2,18,19,20). The Morgan fingerprint density at radius 1 is 1.30 bits per heavy atom. The van der Waals surface area contributed by atoms with Crippen LogP contribution < -0.4 is 10.6 Å². The SMILES string of the molecule is C=CCSCCNC(=NCc1cccs1)NCCc1ccco1. The van der Waals surface area contributed by atoms with Crippen molar-refractivity contribution >= 4 is 29.1 Å². The second kappa shape index (κ2) is 11.0. The van der Waals surface area contributed by atoms with E-state index in [4.69, 9.17) is 4.42 Å². The van der Waals surface area contributed by atoms with Crippen LogP contribution in [0.4, 0.5) is 0 Å². The van der Waals surface area contributed by atoms with Gasteiger partial charge in [-0.2, -0.15) is 11.8 Å². The lowest BCUT2D eigenvalue weighted by Crippen LogP contribution is -2.39. The Morgan fingerprint density at radius 3 is 2.96 bits per heavy atom. The van der Waals surface area contributed by atoms with Crippen molar-refractivity contribution in [3.63, 3.8) is 0 Å². The molecule has 6 heteroatoms. The fourth-order valence-electron chi connectivity index (χ4n) is 1.90. The normalized spacial score (nSPS) is 11.4. The molecule has 23 heavy (non-hydrogen) atoms. The van der Waals surface area contributed by atoms with Crippen LogP contribution in [0, 0.1) is 0 Å². The van der Waals surface area contributed by atoms with Gasteiger partial charge in [0.2, 0.25) is 0 Å². The Balaban J connectivity index is 1.77. The van der Waals surface area contributed by atoms with Crippen molar-refractivity contribution in [2.75, 3.05) is 24.6 Å². The maximum Gasteiger partial charge on any atom is 0.191 e. The Kier molecular flexibility index (Phi) is 8.43. The molecule has 0 spiro atoms. The molecular weight excluding hydrogens is 326 g/mol. The number of rotatable bonds is 10. The van der Waals surface area contributed by atoms with Crippen LogP contribution in [0.25, 0.3) is 0 Å². The summed E-state index contributed by atoms with van der Waals surface area (Å²) in [5.41, 5.74) is 0. The maximum atomic E-state index is 5.35.